The van der Waals surface area contributed by atoms with E-state index in [4.69, 9.17) is 9.47 Å². The summed E-state index contributed by atoms with van der Waals surface area (Å²) in [5, 5.41) is 9.68. The first-order valence-corrected chi connectivity index (χ1v) is 10.2. The number of ether oxygens (including phenoxy) is 2. The summed E-state index contributed by atoms with van der Waals surface area (Å²) in [5.74, 6) is 1.76. The minimum atomic E-state index is 0.338. The zero-order valence-electron chi connectivity index (χ0n) is 16.1. The van der Waals surface area contributed by atoms with Crippen molar-refractivity contribution in [2.75, 3.05) is 7.11 Å². The number of allylic oxidation sites excluding steroid dienone is 1. The number of rotatable bonds is 6. The molecule has 0 unspecified atom stereocenters. The van der Waals surface area contributed by atoms with Gasteiger partial charge >= 0.3 is 0 Å². The molecule has 0 amide bonds. The molecule has 0 spiro atoms. The van der Waals surface area contributed by atoms with E-state index in [1.807, 2.05) is 54.6 Å². The third kappa shape index (κ3) is 4.28. The van der Waals surface area contributed by atoms with Gasteiger partial charge in [-0.3, -0.25) is 4.98 Å². The second-order valence-corrected chi connectivity index (χ2v) is 7.58. The van der Waals surface area contributed by atoms with Crippen LogP contribution in [0.4, 0.5) is 0 Å². The third-order valence-electron chi connectivity index (χ3n) is 4.42. The van der Waals surface area contributed by atoms with Gasteiger partial charge < -0.3 is 14.5 Å². The van der Waals surface area contributed by atoms with Crippen LogP contribution in [0.2, 0.25) is 0 Å². The van der Waals surface area contributed by atoms with Gasteiger partial charge in [0.05, 0.1) is 33.0 Å². The number of methoxy groups -OCH3 is 1. The minimum absolute atomic E-state index is 0.338. The molecule has 1 N–H and O–H groups in total. The van der Waals surface area contributed by atoms with Crippen LogP contribution in [-0.2, 0) is 6.61 Å². The number of para-hydroxylation sites is 2. The second-order valence-electron chi connectivity index (χ2n) is 6.42. The van der Waals surface area contributed by atoms with E-state index in [9.17, 15) is 5.26 Å². The Morgan fingerprint density at radius 1 is 1.20 bits per heavy atom. The predicted octanol–water partition coefficient (Wildman–Crippen LogP) is 5.21. The molecule has 4 rings (SSSR count). The highest BCUT2D eigenvalue weighted by molar-refractivity contribution is 14.1. The van der Waals surface area contributed by atoms with Crippen LogP contribution in [0.5, 0.6) is 11.5 Å². The first-order valence-electron chi connectivity index (χ1n) is 9.15. The Balaban J connectivity index is 1.65. The highest BCUT2D eigenvalue weighted by atomic mass is 127. The predicted molar refractivity (Wildman–Crippen MR) is 124 cm³/mol. The number of pyridine rings is 1. The number of H-pyrrole nitrogens is 1. The smallest absolute Gasteiger partial charge is 0.175 e. The Hall–Kier alpha value is -3.38. The largest absolute Gasteiger partial charge is 0.493 e. The van der Waals surface area contributed by atoms with Crippen LogP contribution in [0.25, 0.3) is 22.7 Å². The third-order valence-corrected chi connectivity index (χ3v) is 5.22. The van der Waals surface area contributed by atoms with Crippen molar-refractivity contribution in [3.63, 3.8) is 0 Å². The van der Waals surface area contributed by atoms with Gasteiger partial charge in [-0.15, -0.1) is 0 Å². The van der Waals surface area contributed by atoms with Crippen molar-refractivity contribution in [1.82, 2.24) is 15.0 Å². The topological polar surface area (TPSA) is 83.8 Å². The first-order chi connectivity index (χ1) is 14.7. The number of hydrogen-bond donors (Lipinski definition) is 1. The van der Waals surface area contributed by atoms with E-state index in [0.717, 1.165) is 25.9 Å². The SMILES string of the molecule is COc1cc(/C=C(\C#N)c2nc3ccccc3[nH]2)cc(I)c1OCc1ccccn1. The number of aromatic nitrogens is 3. The monoisotopic (exact) mass is 508 g/mol. The van der Waals surface area contributed by atoms with Gasteiger partial charge in [0, 0.05) is 6.20 Å². The number of imidazole rings is 1. The molecule has 30 heavy (non-hydrogen) atoms. The fourth-order valence-electron chi connectivity index (χ4n) is 2.99. The molecule has 0 aliphatic rings. The lowest BCUT2D eigenvalue weighted by Crippen LogP contribution is -2.01. The molecule has 0 radical (unpaired) electrons. The zero-order valence-corrected chi connectivity index (χ0v) is 18.3. The van der Waals surface area contributed by atoms with Gasteiger partial charge in [-0.25, -0.2) is 4.98 Å². The van der Waals surface area contributed by atoms with Gasteiger partial charge in [0.2, 0.25) is 0 Å². The Morgan fingerprint density at radius 3 is 2.77 bits per heavy atom. The van der Waals surface area contributed by atoms with Crippen LogP contribution in [0.15, 0.2) is 60.8 Å². The van der Waals surface area contributed by atoms with Crippen LogP contribution < -0.4 is 9.47 Å². The van der Waals surface area contributed by atoms with Crippen LogP contribution in [0, 0.1) is 14.9 Å². The van der Waals surface area contributed by atoms with Gasteiger partial charge in [-0.1, -0.05) is 18.2 Å². The van der Waals surface area contributed by atoms with E-state index in [1.54, 1.807) is 19.4 Å². The summed E-state index contributed by atoms with van der Waals surface area (Å²) in [4.78, 5) is 12.0. The Morgan fingerprint density at radius 2 is 2.03 bits per heavy atom. The van der Waals surface area contributed by atoms with E-state index >= 15 is 0 Å². The lowest BCUT2D eigenvalue weighted by molar-refractivity contribution is 0.278. The molecule has 2 heterocycles. The second kappa shape index (κ2) is 8.97. The zero-order chi connectivity index (χ0) is 20.9. The van der Waals surface area contributed by atoms with Crippen LogP contribution in [-0.4, -0.2) is 22.1 Å². The summed E-state index contributed by atoms with van der Waals surface area (Å²) in [5.41, 5.74) is 3.79. The number of nitrogens with one attached hydrogen (secondary N) is 1. The Bertz CT molecular complexity index is 1230. The summed E-state index contributed by atoms with van der Waals surface area (Å²) in [6.07, 6.45) is 3.52. The van der Waals surface area contributed by atoms with E-state index in [-0.39, 0.29) is 0 Å². The lowest BCUT2D eigenvalue weighted by Gasteiger charge is -2.13. The molecule has 0 saturated heterocycles. The van der Waals surface area contributed by atoms with Gasteiger partial charge in [-0.2, -0.15) is 5.26 Å². The average molecular weight is 508 g/mol. The lowest BCUT2D eigenvalue weighted by atomic mass is 10.1. The molecule has 0 fully saturated rings. The molecular weight excluding hydrogens is 491 g/mol. The summed E-state index contributed by atoms with van der Waals surface area (Å²) in [6.45, 7) is 0.338. The number of nitriles is 1. The van der Waals surface area contributed by atoms with Crippen molar-refractivity contribution in [1.29, 1.82) is 5.26 Å². The van der Waals surface area contributed by atoms with Crippen LogP contribution in [0.1, 0.15) is 17.1 Å². The molecular formula is C23H17IN4O2. The molecule has 6 nitrogen and oxygen atoms in total. The number of aromatic amines is 1. The van der Waals surface area contributed by atoms with Crippen molar-refractivity contribution >= 4 is 45.3 Å². The Kier molecular flexibility index (Phi) is 5.95. The Labute approximate surface area is 187 Å². The molecule has 2 aromatic carbocycles. The summed E-state index contributed by atoms with van der Waals surface area (Å²) in [6, 6.07) is 19.4. The van der Waals surface area contributed by atoms with Crippen LogP contribution >= 0.6 is 22.6 Å². The maximum atomic E-state index is 9.68. The molecule has 4 aromatic rings. The van der Waals surface area contributed by atoms with E-state index in [1.165, 1.54) is 0 Å². The summed E-state index contributed by atoms with van der Waals surface area (Å²) < 4.78 is 12.4. The fourth-order valence-corrected chi connectivity index (χ4v) is 3.77. The van der Waals surface area contributed by atoms with Gasteiger partial charge in [0.1, 0.15) is 18.5 Å². The molecule has 0 aliphatic heterocycles. The molecule has 0 aliphatic carbocycles. The molecule has 0 saturated carbocycles. The van der Waals surface area contributed by atoms with Crippen LogP contribution in [0.3, 0.4) is 0 Å². The number of halogens is 1. The molecule has 0 bridgehead atoms. The van der Waals surface area contributed by atoms with Crippen molar-refractivity contribution in [3.05, 3.63) is 81.4 Å². The van der Waals surface area contributed by atoms with Gasteiger partial charge in [-0.05, 0) is 70.6 Å². The number of nitrogens with zero attached hydrogens (tertiary/aromatic N) is 3. The molecule has 7 heteroatoms. The quantitative estimate of drug-likeness (QED) is 0.286. The highest BCUT2D eigenvalue weighted by Gasteiger charge is 2.13. The first kappa shape index (κ1) is 19.9. The number of benzene rings is 2. The van der Waals surface area contributed by atoms with Gasteiger partial charge in [0.25, 0.3) is 0 Å². The maximum Gasteiger partial charge on any atom is 0.175 e. The van der Waals surface area contributed by atoms with Crippen molar-refractivity contribution in [2.45, 2.75) is 6.61 Å². The van der Waals surface area contributed by atoms with Gasteiger partial charge in [0.15, 0.2) is 11.5 Å². The summed E-state index contributed by atoms with van der Waals surface area (Å²) >= 11 is 2.20. The maximum absolute atomic E-state index is 9.68. The summed E-state index contributed by atoms with van der Waals surface area (Å²) in [7, 11) is 1.59. The van der Waals surface area contributed by atoms with Crippen molar-refractivity contribution in [2.24, 2.45) is 0 Å². The van der Waals surface area contributed by atoms with E-state index < -0.39 is 0 Å². The molecule has 0 atom stereocenters. The molecule has 2 aromatic heterocycles. The number of fused-ring (bicyclic) bond motifs is 1. The van der Waals surface area contributed by atoms with E-state index in [0.29, 0.717) is 29.5 Å². The minimum Gasteiger partial charge on any atom is -0.493 e. The normalized spacial score (nSPS) is 11.3. The van der Waals surface area contributed by atoms with Crippen molar-refractivity contribution < 1.29 is 9.47 Å². The fraction of sp³-hybridized carbons (Fsp3) is 0.0870. The molecule has 148 valence electrons. The average Bonchev–Trinajstić information content (AvgIpc) is 3.21. The standard InChI is InChI=1S/C23H17IN4O2/c1-29-21-12-15(11-18(24)22(21)30-14-17-6-4-5-9-26-17)10-16(13-25)23-27-19-7-2-3-8-20(19)28-23/h2-12H,14H2,1H3,(H,27,28)/b16-10+. The highest BCUT2D eigenvalue weighted by Crippen LogP contribution is 2.35. The van der Waals surface area contributed by atoms with Crippen molar-refractivity contribution in [3.8, 4) is 17.6 Å². The van der Waals surface area contributed by atoms with E-state index in [2.05, 4.69) is 43.6 Å². The number of hydrogen-bond acceptors (Lipinski definition) is 5.